The lowest BCUT2D eigenvalue weighted by Gasteiger charge is -2.19. The van der Waals surface area contributed by atoms with Crippen LogP contribution in [0.1, 0.15) is 40.0 Å². The number of fused-ring (bicyclic) bond motifs is 5. The van der Waals surface area contributed by atoms with Crippen molar-refractivity contribution in [3.8, 4) is 5.75 Å². The zero-order valence-electron chi connectivity index (χ0n) is 16.9. The van der Waals surface area contributed by atoms with Crippen molar-refractivity contribution >= 4 is 29.4 Å². The van der Waals surface area contributed by atoms with Crippen LogP contribution in [0.2, 0.25) is 0 Å². The van der Waals surface area contributed by atoms with E-state index in [1.54, 1.807) is 18.2 Å². The lowest BCUT2D eigenvalue weighted by atomic mass is 9.81. The van der Waals surface area contributed by atoms with Gasteiger partial charge in [0.2, 0.25) is 11.8 Å². The number of nitrogens with zero attached hydrogens (tertiary/aromatic N) is 1. The summed E-state index contributed by atoms with van der Waals surface area (Å²) in [6.07, 6.45) is 3.00. The third-order valence-electron chi connectivity index (χ3n) is 6.75. The van der Waals surface area contributed by atoms with Crippen molar-refractivity contribution in [2.45, 2.75) is 19.3 Å². The van der Waals surface area contributed by atoms with Gasteiger partial charge in [0.15, 0.2) is 0 Å². The molecule has 7 nitrogen and oxygen atoms in total. The van der Waals surface area contributed by atoms with Crippen LogP contribution in [0.15, 0.2) is 48.5 Å². The maximum atomic E-state index is 13.0. The molecular weight excluding hydrogens is 398 g/mol. The molecule has 2 bridgehead atoms. The molecular formula is C24H21NO6. The summed E-state index contributed by atoms with van der Waals surface area (Å²) < 4.78 is 10.0. The van der Waals surface area contributed by atoms with Crippen molar-refractivity contribution in [3.63, 3.8) is 0 Å². The van der Waals surface area contributed by atoms with Crippen LogP contribution in [0.5, 0.6) is 5.75 Å². The van der Waals surface area contributed by atoms with Gasteiger partial charge in [0.25, 0.3) is 0 Å². The molecule has 31 heavy (non-hydrogen) atoms. The minimum Gasteiger partial charge on any atom is -0.465 e. The normalized spacial score (nSPS) is 26.2. The van der Waals surface area contributed by atoms with Gasteiger partial charge in [-0.2, -0.15) is 0 Å². The van der Waals surface area contributed by atoms with Crippen LogP contribution in [0.4, 0.5) is 5.69 Å². The highest BCUT2D eigenvalue weighted by molar-refractivity contribution is 6.22. The molecule has 3 fully saturated rings. The average molecular weight is 419 g/mol. The van der Waals surface area contributed by atoms with Crippen LogP contribution in [-0.2, 0) is 14.3 Å². The van der Waals surface area contributed by atoms with Crippen molar-refractivity contribution in [1.82, 2.24) is 0 Å². The summed E-state index contributed by atoms with van der Waals surface area (Å²) >= 11 is 0. The first-order chi connectivity index (χ1) is 15.0. The highest BCUT2D eigenvalue weighted by Crippen LogP contribution is 2.56. The fourth-order valence-corrected chi connectivity index (χ4v) is 5.38. The van der Waals surface area contributed by atoms with Gasteiger partial charge < -0.3 is 9.47 Å². The summed E-state index contributed by atoms with van der Waals surface area (Å²) in [5.41, 5.74) is 0.976. The third kappa shape index (κ3) is 3.12. The number of hydrogen-bond acceptors (Lipinski definition) is 6. The van der Waals surface area contributed by atoms with E-state index in [0.717, 1.165) is 19.3 Å². The first-order valence-electron chi connectivity index (χ1n) is 10.4. The Morgan fingerprint density at radius 2 is 1.52 bits per heavy atom. The van der Waals surface area contributed by atoms with Crippen molar-refractivity contribution in [1.29, 1.82) is 0 Å². The molecule has 2 amide bonds. The second kappa shape index (κ2) is 7.34. The number of amides is 2. The fraction of sp³-hybridized carbons (Fsp3) is 0.333. The van der Waals surface area contributed by atoms with Gasteiger partial charge in [-0.25, -0.2) is 9.59 Å². The van der Waals surface area contributed by atoms with Crippen molar-refractivity contribution in [2.75, 3.05) is 12.0 Å². The van der Waals surface area contributed by atoms with Crippen LogP contribution < -0.4 is 9.64 Å². The van der Waals surface area contributed by atoms with Gasteiger partial charge in [-0.05, 0) is 73.6 Å². The molecule has 2 saturated carbocycles. The van der Waals surface area contributed by atoms with E-state index in [-0.39, 0.29) is 35.0 Å². The van der Waals surface area contributed by atoms with Gasteiger partial charge in [-0.1, -0.05) is 6.07 Å². The summed E-state index contributed by atoms with van der Waals surface area (Å²) in [5.74, 6) is -0.948. The lowest BCUT2D eigenvalue weighted by molar-refractivity contribution is -0.123. The summed E-state index contributed by atoms with van der Waals surface area (Å²) in [5, 5.41) is 0. The SMILES string of the molecule is COC(=O)c1ccc(OC(=O)c2cccc(N3C(=O)[C@H]4[C@@H]5CC[C@@H](C5)[C@@H]4C3=O)c2)cc1. The van der Waals surface area contributed by atoms with Gasteiger partial charge in [0, 0.05) is 0 Å². The Hall–Kier alpha value is -3.48. The number of rotatable bonds is 4. The van der Waals surface area contributed by atoms with Gasteiger partial charge in [0.1, 0.15) is 5.75 Å². The average Bonchev–Trinajstić information content (AvgIpc) is 3.47. The smallest absolute Gasteiger partial charge is 0.343 e. The molecule has 0 unspecified atom stereocenters. The molecule has 0 radical (unpaired) electrons. The fourth-order valence-electron chi connectivity index (χ4n) is 5.38. The number of carbonyl (C=O) groups is 4. The molecule has 2 aromatic rings. The molecule has 0 N–H and O–H groups in total. The van der Waals surface area contributed by atoms with Crippen LogP contribution >= 0.6 is 0 Å². The molecule has 5 rings (SSSR count). The first kappa shape index (κ1) is 19.5. The Balaban J connectivity index is 1.35. The minimum atomic E-state index is -0.618. The molecule has 0 spiro atoms. The standard InChI is InChI=1S/C24H21NO6/c1-30-23(28)13-7-9-18(10-8-13)31-24(29)16-3-2-4-17(12-16)25-21(26)19-14-5-6-15(11-14)20(19)22(25)27/h2-4,7-10,12,14-15,19-20H,5-6,11H2,1H3/t14-,15+,19-,20-/m0/s1. The molecule has 2 aliphatic carbocycles. The topological polar surface area (TPSA) is 90.0 Å². The molecule has 3 aliphatic rings. The second-order valence-corrected chi connectivity index (χ2v) is 8.35. The van der Waals surface area contributed by atoms with E-state index in [9.17, 15) is 19.2 Å². The van der Waals surface area contributed by atoms with Gasteiger partial charge in [-0.15, -0.1) is 0 Å². The molecule has 158 valence electrons. The van der Waals surface area contributed by atoms with E-state index in [2.05, 4.69) is 4.74 Å². The van der Waals surface area contributed by atoms with Gasteiger partial charge >= 0.3 is 11.9 Å². The Morgan fingerprint density at radius 3 is 2.13 bits per heavy atom. The predicted octanol–water partition coefficient (Wildman–Crippen LogP) is 3.23. The van der Waals surface area contributed by atoms with E-state index < -0.39 is 11.9 Å². The number of carbonyl (C=O) groups excluding carboxylic acids is 4. The number of ether oxygens (including phenoxy) is 2. The van der Waals surface area contributed by atoms with E-state index in [1.165, 1.54) is 42.3 Å². The summed E-state index contributed by atoms with van der Waals surface area (Å²) in [6.45, 7) is 0. The monoisotopic (exact) mass is 419 g/mol. The van der Waals surface area contributed by atoms with E-state index in [0.29, 0.717) is 23.1 Å². The molecule has 2 aromatic carbocycles. The van der Waals surface area contributed by atoms with Crippen LogP contribution in [-0.4, -0.2) is 30.9 Å². The lowest BCUT2D eigenvalue weighted by Crippen LogP contribution is -2.32. The quantitative estimate of drug-likeness (QED) is 0.429. The third-order valence-corrected chi connectivity index (χ3v) is 6.75. The number of imide groups is 1. The van der Waals surface area contributed by atoms with Gasteiger partial charge in [0.05, 0.1) is 35.8 Å². The molecule has 4 atom stereocenters. The zero-order valence-corrected chi connectivity index (χ0v) is 16.9. The number of methoxy groups -OCH3 is 1. The van der Waals surface area contributed by atoms with Crippen LogP contribution in [0, 0.1) is 23.7 Å². The van der Waals surface area contributed by atoms with E-state index in [1.807, 2.05) is 0 Å². The maximum absolute atomic E-state index is 13.0. The maximum Gasteiger partial charge on any atom is 0.343 e. The Kier molecular flexibility index (Phi) is 4.61. The second-order valence-electron chi connectivity index (χ2n) is 8.35. The summed E-state index contributed by atoms with van der Waals surface area (Å²) in [6, 6.07) is 12.4. The number of benzene rings is 2. The van der Waals surface area contributed by atoms with Crippen LogP contribution in [0.3, 0.4) is 0 Å². The first-order valence-corrected chi connectivity index (χ1v) is 10.4. The molecule has 1 saturated heterocycles. The van der Waals surface area contributed by atoms with Crippen molar-refractivity contribution in [3.05, 3.63) is 59.7 Å². The number of esters is 2. The van der Waals surface area contributed by atoms with E-state index in [4.69, 9.17) is 4.74 Å². The summed E-state index contributed by atoms with van der Waals surface area (Å²) in [7, 11) is 1.29. The Labute approximate surface area is 178 Å². The molecule has 1 heterocycles. The molecule has 7 heteroatoms. The van der Waals surface area contributed by atoms with E-state index >= 15 is 0 Å². The highest BCUT2D eigenvalue weighted by atomic mass is 16.5. The van der Waals surface area contributed by atoms with Crippen molar-refractivity contribution < 1.29 is 28.7 Å². The van der Waals surface area contributed by atoms with Crippen molar-refractivity contribution in [2.24, 2.45) is 23.7 Å². The Morgan fingerprint density at radius 1 is 0.871 bits per heavy atom. The number of hydrogen-bond donors (Lipinski definition) is 0. The summed E-state index contributed by atoms with van der Waals surface area (Å²) in [4.78, 5) is 51.4. The largest absolute Gasteiger partial charge is 0.465 e. The predicted molar refractivity (Wildman–Crippen MR) is 109 cm³/mol. The van der Waals surface area contributed by atoms with Gasteiger partial charge in [-0.3, -0.25) is 14.5 Å². The minimum absolute atomic E-state index is 0.147. The number of anilines is 1. The van der Waals surface area contributed by atoms with Crippen LogP contribution in [0.25, 0.3) is 0 Å². The zero-order chi connectivity index (χ0) is 21.7. The highest BCUT2D eigenvalue weighted by Gasteiger charge is 2.61. The molecule has 0 aromatic heterocycles. The molecule has 1 aliphatic heterocycles. The Bertz CT molecular complexity index is 1060.